The highest BCUT2D eigenvalue weighted by Gasteiger charge is 2.20. The van der Waals surface area contributed by atoms with Crippen molar-refractivity contribution in [1.82, 2.24) is 14.9 Å². The van der Waals surface area contributed by atoms with E-state index in [0.29, 0.717) is 6.04 Å². The van der Waals surface area contributed by atoms with E-state index < -0.39 is 10.0 Å². The van der Waals surface area contributed by atoms with Crippen molar-refractivity contribution in [2.75, 3.05) is 31.9 Å². The summed E-state index contributed by atoms with van der Waals surface area (Å²) in [4.78, 5) is 2.37. The van der Waals surface area contributed by atoms with Gasteiger partial charge in [0.2, 0.25) is 10.0 Å². The first-order chi connectivity index (χ1) is 10.1. The van der Waals surface area contributed by atoms with E-state index in [1.54, 1.807) is 0 Å². The number of hydrogen-bond acceptors (Lipinski definition) is 4. The maximum absolute atomic E-state index is 12.0. The minimum Gasteiger partial charge on any atom is -0.314 e. The first-order valence-corrected chi connectivity index (χ1v) is 10.2. The second kappa shape index (κ2) is 8.46. The van der Waals surface area contributed by atoms with E-state index in [9.17, 15) is 8.42 Å². The first kappa shape index (κ1) is 17.2. The number of hydrogen-bond donors (Lipinski definition) is 2. The molecule has 21 heavy (non-hydrogen) atoms. The van der Waals surface area contributed by atoms with Crippen molar-refractivity contribution in [3.05, 3.63) is 0 Å². The molecule has 2 N–H and O–H groups in total. The van der Waals surface area contributed by atoms with Crippen LogP contribution in [0, 0.1) is 0 Å². The Kier molecular flexibility index (Phi) is 6.92. The number of sulfonamides is 1. The normalized spacial score (nSPS) is 22.3. The van der Waals surface area contributed by atoms with Gasteiger partial charge in [-0.1, -0.05) is 6.42 Å². The van der Waals surface area contributed by atoms with Gasteiger partial charge in [-0.05, 0) is 65.1 Å². The lowest BCUT2D eigenvalue weighted by Gasteiger charge is -2.29. The fraction of sp³-hybridized carbons (Fsp3) is 1.00. The second-order valence-corrected chi connectivity index (χ2v) is 8.51. The first-order valence-electron chi connectivity index (χ1n) is 8.51. The summed E-state index contributed by atoms with van der Waals surface area (Å²) >= 11 is 0. The van der Waals surface area contributed by atoms with Crippen LogP contribution < -0.4 is 10.0 Å². The van der Waals surface area contributed by atoms with Crippen molar-refractivity contribution in [2.24, 2.45) is 0 Å². The van der Waals surface area contributed by atoms with Crippen molar-refractivity contribution in [1.29, 1.82) is 0 Å². The molecule has 2 aliphatic rings. The fourth-order valence-corrected chi connectivity index (χ4v) is 4.33. The Hall–Kier alpha value is -0.170. The van der Waals surface area contributed by atoms with Crippen molar-refractivity contribution in [3.8, 4) is 0 Å². The van der Waals surface area contributed by atoms with Crippen molar-refractivity contribution < 1.29 is 8.42 Å². The molecule has 0 aromatic heterocycles. The van der Waals surface area contributed by atoms with Crippen LogP contribution in [0.2, 0.25) is 0 Å². The molecule has 6 heteroatoms. The molecule has 2 fully saturated rings. The molecule has 0 aromatic rings. The van der Waals surface area contributed by atoms with Crippen LogP contribution in [0.3, 0.4) is 0 Å². The van der Waals surface area contributed by atoms with E-state index in [1.807, 2.05) is 6.92 Å². The zero-order valence-corrected chi connectivity index (χ0v) is 14.1. The van der Waals surface area contributed by atoms with Crippen LogP contribution in [0.15, 0.2) is 0 Å². The molecule has 1 heterocycles. The third-order valence-electron chi connectivity index (χ3n) is 4.21. The molecule has 2 rings (SSSR count). The molecule has 124 valence electrons. The summed E-state index contributed by atoms with van der Waals surface area (Å²) in [6, 6.07) is 0.724. The molecule has 0 aromatic carbocycles. The summed E-state index contributed by atoms with van der Waals surface area (Å²) in [7, 11) is -3.12. The molecule has 1 saturated heterocycles. The van der Waals surface area contributed by atoms with Crippen LogP contribution in [0.1, 0.15) is 51.9 Å². The van der Waals surface area contributed by atoms with Gasteiger partial charge in [-0.3, -0.25) is 0 Å². The van der Waals surface area contributed by atoms with Gasteiger partial charge < -0.3 is 10.2 Å². The Balaban J connectivity index is 1.57. The van der Waals surface area contributed by atoms with E-state index in [2.05, 4.69) is 14.9 Å². The Morgan fingerprint density at radius 3 is 2.52 bits per heavy atom. The topological polar surface area (TPSA) is 61.4 Å². The standard InChI is InChI=1S/C15H31N3O2S/c1-14(13-18-10-4-2-5-11-18)17-21(19,20)12-6-3-9-16-15-7-8-15/h14-17H,2-13H2,1H3. The second-order valence-electron chi connectivity index (χ2n) is 6.63. The Morgan fingerprint density at radius 1 is 1.14 bits per heavy atom. The quantitative estimate of drug-likeness (QED) is 0.597. The molecule has 0 amide bonds. The number of nitrogens with one attached hydrogen (secondary N) is 2. The highest BCUT2D eigenvalue weighted by Crippen LogP contribution is 2.18. The van der Waals surface area contributed by atoms with Gasteiger partial charge in [0, 0.05) is 18.6 Å². The molecule has 0 bridgehead atoms. The monoisotopic (exact) mass is 317 g/mol. The molecule has 0 spiro atoms. The zero-order chi connectivity index (χ0) is 15.1. The van der Waals surface area contributed by atoms with Crippen LogP contribution in [0.5, 0.6) is 0 Å². The summed E-state index contributed by atoms with van der Waals surface area (Å²) in [6.07, 6.45) is 8.05. The molecule has 5 nitrogen and oxygen atoms in total. The zero-order valence-electron chi connectivity index (χ0n) is 13.3. The third-order valence-corrected chi connectivity index (χ3v) is 5.80. The average molecular weight is 317 g/mol. The van der Waals surface area contributed by atoms with Gasteiger partial charge in [-0.15, -0.1) is 0 Å². The largest absolute Gasteiger partial charge is 0.314 e. The van der Waals surface area contributed by atoms with Crippen LogP contribution in [-0.4, -0.2) is 57.3 Å². The maximum atomic E-state index is 12.0. The van der Waals surface area contributed by atoms with Crippen LogP contribution >= 0.6 is 0 Å². The van der Waals surface area contributed by atoms with Gasteiger partial charge in [-0.25, -0.2) is 13.1 Å². The highest BCUT2D eigenvalue weighted by atomic mass is 32.2. The predicted octanol–water partition coefficient (Wildman–Crippen LogP) is 1.31. The SMILES string of the molecule is CC(CN1CCCCC1)NS(=O)(=O)CCCCNC1CC1. The van der Waals surface area contributed by atoms with Crippen molar-refractivity contribution in [2.45, 2.75) is 64.0 Å². The van der Waals surface area contributed by atoms with E-state index in [-0.39, 0.29) is 11.8 Å². The smallest absolute Gasteiger partial charge is 0.211 e. The Labute approximate surface area is 129 Å². The number of rotatable bonds is 10. The maximum Gasteiger partial charge on any atom is 0.211 e. The van der Waals surface area contributed by atoms with Gasteiger partial charge in [0.15, 0.2) is 0 Å². The van der Waals surface area contributed by atoms with E-state index in [0.717, 1.165) is 39.0 Å². The lowest BCUT2D eigenvalue weighted by molar-refractivity contribution is 0.215. The summed E-state index contributed by atoms with van der Waals surface area (Å²) in [6.45, 7) is 5.98. The third kappa shape index (κ3) is 7.58. The summed E-state index contributed by atoms with van der Waals surface area (Å²) in [5.41, 5.74) is 0. The van der Waals surface area contributed by atoms with E-state index >= 15 is 0 Å². The van der Waals surface area contributed by atoms with Crippen LogP contribution in [0.4, 0.5) is 0 Å². The minimum atomic E-state index is -3.12. The molecular formula is C15H31N3O2S. The Morgan fingerprint density at radius 2 is 1.86 bits per heavy atom. The molecule has 1 aliphatic heterocycles. The van der Waals surface area contributed by atoms with Gasteiger partial charge in [0.05, 0.1) is 5.75 Å². The van der Waals surface area contributed by atoms with Crippen molar-refractivity contribution >= 4 is 10.0 Å². The lowest BCUT2D eigenvalue weighted by atomic mass is 10.1. The summed E-state index contributed by atoms with van der Waals surface area (Å²) in [5, 5.41) is 3.42. The minimum absolute atomic E-state index is 0.0117. The molecule has 1 aliphatic carbocycles. The Bertz CT molecular complexity index is 390. The predicted molar refractivity (Wildman–Crippen MR) is 86.9 cm³/mol. The summed E-state index contributed by atoms with van der Waals surface area (Å²) < 4.78 is 26.9. The van der Waals surface area contributed by atoms with Gasteiger partial charge in [0.1, 0.15) is 0 Å². The molecule has 1 saturated carbocycles. The van der Waals surface area contributed by atoms with Crippen LogP contribution in [-0.2, 0) is 10.0 Å². The highest BCUT2D eigenvalue weighted by molar-refractivity contribution is 7.89. The molecule has 0 radical (unpaired) electrons. The number of nitrogens with zero attached hydrogens (tertiary/aromatic N) is 1. The van der Waals surface area contributed by atoms with E-state index in [1.165, 1.54) is 32.1 Å². The number of unbranched alkanes of at least 4 members (excludes halogenated alkanes) is 1. The van der Waals surface area contributed by atoms with E-state index in [4.69, 9.17) is 0 Å². The molecule has 1 unspecified atom stereocenters. The van der Waals surface area contributed by atoms with Crippen LogP contribution in [0.25, 0.3) is 0 Å². The lowest BCUT2D eigenvalue weighted by Crippen LogP contribution is -2.44. The fourth-order valence-electron chi connectivity index (χ4n) is 2.94. The number of piperidine rings is 1. The van der Waals surface area contributed by atoms with Crippen molar-refractivity contribution in [3.63, 3.8) is 0 Å². The average Bonchev–Trinajstić information content (AvgIpc) is 3.22. The van der Waals surface area contributed by atoms with Gasteiger partial charge >= 0.3 is 0 Å². The van der Waals surface area contributed by atoms with Gasteiger partial charge in [0.25, 0.3) is 0 Å². The molecule has 1 atom stereocenters. The van der Waals surface area contributed by atoms with Gasteiger partial charge in [-0.2, -0.15) is 0 Å². The summed E-state index contributed by atoms with van der Waals surface area (Å²) in [5.74, 6) is 0.254. The number of likely N-dealkylation sites (tertiary alicyclic amines) is 1. The molecular weight excluding hydrogens is 286 g/mol.